The maximum absolute atomic E-state index is 11.4. The molecule has 0 saturated carbocycles. The Labute approximate surface area is 148 Å². The molecule has 0 aliphatic carbocycles. The number of benzene rings is 1. The Morgan fingerprint density at radius 2 is 1.92 bits per heavy atom. The minimum atomic E-state index is -0.340. The van der Waals surface area contributed by atoms with Gasteiger partial charge in [0.1, 0.15) is 11.5 Å². The number of halogens is 1. The summed E-state index contributed by atoms with van der Waals surface area (Å²) < 4.78 is 15.8. The number of esters is 1. The molecule has 0 saturated heterocycles. The van der Waals surface area contributed by atoms with E-state index in [9.17, 15) is 4.79 Å². The maximum Gasteiger partial charge on any atom is 0.337 e. The van der Waals surface area contributed by atoms with Crippen molar-refractivity contribution in [3.8, 4) is 11.3 Å². The summed E-state index contributed by atoms with van der Waals surface area (Å²) in [5, 5.41) is 3.32. The van der Waals surface area contributed by atoms with Crippen molar-refractivity contribution in [3.63, 3.8) is 0 Å². The van der Waals surface area contributed by atoms with E-state index in [0.717, 1.165) is 43.3 Å². The van der Waals surface area contributed by atoms with E-state index in [1.807, 2.05) is 31.2 Å². The minimum Gasteiger partial charge on any atom is -0.465 e. The predicted octanol–water partition coefficient (Wildman–Crippen LogP) is 3.67. The lowest BCUT2D eigenvalue weighted by molar-refractivity contribution is 0.0600. The molecule has 1 aromatic heterocycles. The summed E-state index contributed by atoms with van der Waals surface area (Å²) in [6, 6.07) is 11.1. The van der Waals surface area contributed by atoms with Gasteiger partial charge in [0.25, 0.3) is 0 Å². The topological polar surface area (TPSA) is 60.7 Å². The van der Waals surface area contributed by atoms with Gasteiger partial charge in [0.2, 0.25) is 0 Å². The average molecular weight is 354 g/mol. The normalized spacial score (nSPS) is 10.2. The van der Waals surface area contributed by atoms with Crippen molar-refractivity contribution in [1.29, 1.82) is 0 Å². The van der Waals surface area contributed by atoms with Crippen LogP contribution < -0.4 is 5.32 Å². The molecule has 1 heterocycles. The Balaban J connectivity index is 0.00000288. The molecule has 0 atom stereocenters. The molecule has 0 radical (unpaired) electrons. The molecule has 5 nitrogen and oxygen atoms in total. The second-order valence-electron chi connectivity index (χ2n) is 5.06. The van der Waals surface area contributed by atoms with Crippen molar-refractivity contribution in [1.82, 2.24) is 5.32 Å². The minimum absolute atomic E-state index is 0. The van der Waals surface area contributed by atoms with Gasteiger partial charge < -0.3 is 19.2 Å². The molecule has 1 aromatic carbocycles. The van der Waals surface area contributed by atoms with E-state index >= 15 is 0 Å². The quantitative estimate of drug-likeness (QED) is 0.550. The van der Waals surface area contributed by atoms with Crippen LogP contribution in [-0.2, 0) is 16.0 Å². The smallest absolute Gasteiger partial charge is 0.337 e. The first-order chi connectivity index (χ1) is 11.2. The van der Waals surface area contributed by atoms with Gasteiger partial charge in [-0.3, -0.25) is 0 Å². The number of carbonyl (C=O) groups is 1. The zero-order valence-corrected chi connectivity index (χ0v) is 14.9. The van der Waals surface area contributed by atoms with Crippen molar-refractivity contribution in [3.05, 3.63) is 47.7 Å². The molecule has 0 bridgehead atoms. The lowest BCUT2D eigenvalue weighted by atomic mass is 10.1. The summed E-state index contributed by atoms with van der Waals surface area (Å²) in [6.45, 7) is 5.11. The summed E-state index contributed by atoms with van der Waals surface area (Å²) in [6.07, 6.45) is 0.983. The van der Waals surface area contributed by atoms with Crippen molar-refractivity contribution in [2.45, 2.75) is 19.9 Å². The molecule has 2 aromatic rings. The molecule has 0 spiro atoms. The highest BCUT2D eigenvalue weighted by atomic mass is 35.5. The van der Waals surface area contributed by atoms with Gasteiger partial charge in [0, 0.05) is 18.8 Å². The Hall–Kier alpha value is -1.82. The summed E-state index contributed by atoms with van der Waals surface area (Å²) in [5.74, 6) is 1.33. The van der Waals surface area contributed by atoms with Gasteiger partial charge in [-0.2, -0.15) is 0 Å². The largest absolute Gasteiger partial charge is 0.465 e. The van der Waals surface area contributed by atoms with Crippen LogP contribution in [0.5, 0.6) is 0 Å². The number of rotatable bonds is 9. The van der Waals surface area contributed by atoms with Crippen molar-refractivity contribution < 1.29 is 18.7 Å². The Morgan fingerprint density at radius 3 is 2.58 bits per heavy atom. The first kappa shape index (κ1) is 20.2. The number of furan rings is 1. The van der Waals surface area contributed by atoms with Gasteiger partial charge >= 0.3 is 5.97 Å². The number of nitrogens with one attached hydrogen (secondary N) is 1. The van der Waals surface area contributed by atoms with E-state index in [-0.39, 0.29) is 18.4 Å². The Kier molecular flexibility index (Phi) is 9.15. The number of hydrogen-bond donors (Lipinski definition) is 1. The van der Waals surface area contributed by atoms with Crippen molar-refractivity contribution in [2.24, 2.45) is 0 Å². The van der Waals surface area contributed by atoms with Gasteiger partial charge in [-0.15, -0.1) is 12.4 Å². The zero-order valence-electron chi connectivity index (χ0n) is 14.0. The molecule has 0 fully saturated rings. The molecule has 0 amide bonds. The third kappa shape index (κ3) is 6.00. The van der Waals surface area contributed by atoms with E-state index in [1.54, 1.807) is 12.1 Å². The van der Waals surface area contributed by atoms with Crippen molar-refractivity contribution >= 4 is 18.4 Å². The molecule has 6 heteroatoms. The van der Waals surface area contributed by atoms with Gasteiger partial charge in [-0.25, -0.2) is 4.79 Å². The van der Waals surface area contributed by atoms with E-state index in [2.05, 4.69) is 10.1 Å². The lowest BCUT2D eigenvalue weighted by Crippen LogP contribution is -2.15. The first-order valence-electron chi connectivity index (χ1n) is 7.80. The van der Waals surface area contributed by atoms with E-state index in [4.69, 9.17) is 9.15 Å². The standard InChI is InChI=1S/C18H23NO4.ClH/c1-3-22-12-4-11-19-13-16-9-10-17(23-16)14-5-7-15(8-6-14)18(20)21-2;/h5-10,19H,3-4,11-13H2,1-2H3;1H. The Morgan fingerprint density at radius 1 is 1.17 bits per heavy atom. The van der Waals surface area contributed by atoms with Crippen LogP contribution >= 0.6 is 12.4 Å². The maximum atomic E-state index is 11.4. The first-order valence-corrected chi connectivity index (χ1v) is 7.80. The van der Waals surface area contributed by atoms with Crippen molar-refractivity contribution in [2.75, 3.05) is 26.9 Å². The molecular formula is C18H24ClNO4. The molecule has 0 unspecified atom stereocenters. The van der Waals surface area contributed by atoms with Gasteiger partial charge in [-0.1, -0.05) is 12.1 Å². The van der Waals surface area contributed by atoms with E-state index in [0.29, 0.717) is 12.1 Å². The molecule has 1 N–H and O–H groups in total. The fraction of sp³-hybridized carbons (Fsp3) is 0.389. The zero-order chi connectivity index (χ0) is 16.5. The van der Waals surface area contributed by atoms with Gasteiger partial charge in [-0.05, 0) is 44.2 Å². The highest BCUT2D eigenvalue weighted by molar-refractivity contribution is 5.89. The van der Waals surface area contributed by atoms with Crippen LogP contribution in [0, 0.1) is 0 Å². The van der Waals surface area contributed by atoms with Gasteiger partial charge in [0.15, 0.2) is 0 Å². The van der Waals surface area contributed by atoms with Crippen LogP contribution in [0.3, 0.4) is 0 Å². The lowest BCUT2D eigenvalue weighted by Gasteiger charge is -2.03. The molecule has 0 aliphatic rings. The summed E-state index contributed by atoms with van der Waals surface area (Å²) in [4.78, 5) is 11.4. The number of hydrogen-bond acceptors (Lipinski definition) is 5. The third-order valence-electron chi connectivity index (χ3n) is 3.40. The molecule has 0 aliphatic heterocycles. The summed E-state index contributed by atoms with van der Waals surface area (Å²) in [5.41, 5.74) is 1.46. The predicted molar refractivity (Wildman–Crippen MR) is 95.5 cm³/mol. The number of ether oxygens (including phenoxy) is 2. The van der Waals surface area contributed by atoms with Crippen LogP contribution in [0.15, 0.2) is 40.8 Å². The SMILES string of the molecule is CCOCCCNCc1ccc(-c2ccc(C(=O)OC)cc2)o1.Cl. The van der Waals surface area contributed by atoms with Crippen LogP contribution in [0.25, 0.3) is 11.3 Å². The second-order valence-corrected chi connectivity index (χ2v) is 5.06. The fourth-order valence-corrected chi connectivity index (χ4v) is 2.17. The van der Waals surface area contributed by atoms with E-state index in [1.165, 1.54) is 7.11 Å². The second kappa shape index (κ2) is 10.9. The van der Waals surface area contributed by atoms with E-state index < -0.39 is 0 Å². The van der Waals surface area contributed by atoms with Crippen LogP contribution in [0.4, 0.5) is 0 Å². The van der Waals surface area contributed by atoms with Crippen LogP contribution in [0.2, 0.25) is 0 Å². The fourth-order valence-electron chi connectivity index (χ4n) is 2.17. The molecular weight excluding hydrogens is 330 g/mol. The Bertz CT molecular complexity index is 610. The number of methoxy groups -OCH3 is 1. The molecule has 24 heavy (non-hydrogen) atoms. The highest BCUT2D eigenvalue weighted by Crippen LogP contribution is 2.22. The average Bonchev–Trinajstić information content (AvgIpc) is 3.06. The monoisotopic (exact) mass is 353 g/mol. The number of carbonyl (C=O) groups excluding carboxylic acids is 1. The molecule has 2 rings (SSSR count). The third-order valence-corrected chi connectivity index (χ3v) is 3.40. The highest BCUT2D eigenvalue weighted by Gasteiger charge is 2.08. The van der Waals surface area contributed by atoms with Crippen LogP contribution in [0.1, 0.15) is 29.5 Å². The van der Waals surface area contributed by atoms with Gasteiger partial charge in [0.05, 0.1) is 19.2 Å². The summed E-state index contributed by atoms with van der Waals surface area (Å²) in [7, 11) is 1.37. The van der Waals surface area contributed by atoms with Crippen LogP contribution in [-0.4, -0.2) is 32.8 Å². The summed E-state index contributed by atoms with van der Waals surface area (Å²) >= 11 is 0. The molecule has 132 valence electrons.